The summed E-state index contributed by atoms with van der Waals surface area (Å²) in [7, 11) is 3.02. The minimum absolute atomic E-state index is 0.133. The summed E-state index contributed by atoms with van der Waals surface area (Å²) in [6.07, 6.45) is 1.56. The van der Waals surface area contributed by atoms with E-state index in [1.54, 1.807) is 13.2 Å². The third-order valence-corrected chi connectivity index (χ3v) is 2.71. The minimum Gasteiger partial charge on any atom is -0.479 e. The summed E-state index contributed by atoms with van der Waals surface area (Å²) in [6.45, 7) is 1.24. The molecule has 1 heterocycles. The number of nitrogens with zero attached hydrogens (tertiary/aromatic N) is 1. The zero-order valence-corrected chi connectivity index (χ0v) is 11.1. The molecule has 18 heavy (non-hydrogen) atoms. The lowest BCUT2D eigenvalue weighted by Gasteiger charge is -2.25. The minimum atomic E-state index is -1.48. The molecule has 1 amide bonds. The molecule has 0 spiro atoms. The van der Waals surface area contributed by atoms with Gasteiger partial charge in [0.15, 0.2) is 5.54 Å². The van der Waals surface area contributed by atoms with Gasteiger partial charge in [0, 0.05) is 20.4 Å². The van der Waals surface area contributed by atoms with E-state index in [0.717, 1.165) is 0 Å². The first-order valence-corrected chi connectivity index (χ1v) is 5.54. The van der Waals surface area contributed by atoms with E-state index in [-0.39, 0.29) is 12.3 Å². The number of nitrogens with one attached hydrogen (secondary N) is 1. The lowest BCUT2D eigenvalue weighted by atomic mass is 10.0. The largest absolute Gasteiger partial charge is 0.479 e. The Labute approximate surface area is 109 Å². The van der Waals surface area contributed by atoms with Gasteiger partial charge in [-0.3, -0.25) is 4.79 Å². The van der Waals surface area contributed by atoms with Gasteiger partial charge in [0.25, 0.3) is 5.91 Å². The Morgan fingerprint density at radius 1 is 1.61 bits per heavy atom. The van der Waals surface area contributed by atoms with Crippen molar-refractivity contribution in [3.05, 3.63) is 23.0 Å². The number of carboxylic acid groups (broad SMARTS) is 1. The molecule has 2 N–H and O–H groups in total. The first kappa shape index (κ1) is 14.5. The highest BCUT2D eigenvalue weighted by atomic mass is 35.5. The smallest absolute Gasteiger partial charge is 0.331 e. The van der Waals surface area contributed by atoms with Gasteiger partial charge in [0.1, 0.15) is 5.69 Å². The fourth-order valence-corrected chi connectivity index (χ4v) is 1.75. The van der Waals surface area contributed by atoms with Gasteiger partial charge in [-0.05, 0) is 13.0 Å². The molecular formula is C11H15ClN2O4. The Balaban J connectivity index is 2.92. The number of rotatable bonds is 5. The molecule has 1 aromatic heterocycles. The summed E-state index contributed by atoms with van der Waals surface area (Å²) in [5.41, 5.74) is -1.20. The second-order valence-electron chi connectivity index (χ2n) is 4.18. The predicted molar refractivity (Wildman–Crippen MR) is 65.8 cm³/mol. The SMILES string of the molecule is COCC(C)(NC(=O)c1cc(Cl)cn1C)C(=O)O. The van der Waals surface area contributed by atoms with Gasteiger partial charge in [-0.2, -0.15) is 0 Å². The van der Waals surface area contributed by atoms with Gasteiger partial charge in [0.2, 0.25) is 0 Å². The van der Waals surface area contributed by atoms with Crippen LogP contribution in [0.1, 0.15) is 17.4 Å². The van der Waals surface area contributed by atoms with E-state index in [2.05, 4.69) is 5.32 Å². The maximum atomic E-state index is 12.0. The van der Waals surface area contributed by atoms with Crippen LogP contribution in [0.4, 0.5) is 0 Å². The molecule has 0 fully saturated rings. The van der Waals surface area contributed by atoms with Crippen LogP contribution in [-0.4, -0.2) is 40.8 Å². The maximum absolute atomic E-state index is 12.0. The van der Waals surface area contributed by atoms with E-state index in [1.165, 1.54) is 24.7 Å². The van der Waals surface area contributed by atoms with Crippen LogP contribution in [-0.2, 0) is 16.6 Å². The lowest BCUT2D eigenvalue weighted by molar-refractivity contribution is -0.145. The van der Waals surface area contributed by atoms with Crippen molar-refractivity contribution in [1.29, 1.82) is 0 Å². The number of aryl methyl sites for hydroxylation is 1. The molecule has 0 saturated heterocycles. The molecule has 1 rings (SSSR count). The number of aromatic nitrogens is 1. The normalized spacial score (nSPS) is 14.0. The second kappa shape index (κ2) is 5.41. The highest BCUT2D eigenvalue weighted by Crippen LogP contribution is 2.14. The van der Waals surface area contributed by atoms with Crippen LogP contribution in [0, 0.1) is 0 Å². The van der Waals surface area contributed by atoms with Crippen LogP contribution in [0.5, 0.6) is 0 Å². The van der Waals surface area contributed by atoms with Crippen molar-refractivity contribution in [2.75, 3.05) is 13.7 Å². The number of halogens is 1. The van der Waals surface area contributed by atoms with Crippen molar-refractivity contribution in [2.24, 2.45) is 7.05 Å². The van der Waals surface area contributed by atoms with Gasteiger partial charge >= 0.3 is 5.97 Å². The highest BCUT2D eigenvalue weighted by Gasteiger charge is 2.35. The van der Waals surface area contributed by atoms with Gasteiger partial charge in [-0.25, -0.2) is 4.79 Å². The second-order valence-corrected chi connectivity index (χ2v) is 4.62. The van der Waals surface area contributed by atoms with E-state index in [4.69, 9.17) is 21.4 Å². The Hall–Kier alpha value is -1.53. The molecule has 0 aliphatic carbocycles. The van der Waals surface area contributed by atoms with Gasteiger partial charge < -0.3 is 19.7 Å². The Bertz CT molecular complexity index is 472. The molecule has 1 aromatic rings. The summed E-state index contributed by atoms with van der Waals surface area (Å²) >= 11 is 5.76. The third-order valence-electron chi connectivity index (χ3n) is 2.50. The van der Waals surface area contributed by atoms with Crippen LogP contribution in [0.15, 0.2) is 12.3 Å². The number of carboxylic acids is 1. The van der Waals surface area contributed by atoms with Gasteiger partial charge in [0.05, 0.1) is 11.6 Å². The quantitative estimate of drug-likeness (QED) is 0.836. The van der Waals surface area contributed by atoms with Crippen LogP contribution in [0.3, 0.4) is 0 Å². The molecule has 0 saturated carbocycles. The average molecular weight is 275 g/mol. The van der Waals surface area contributed by atoms with E-state index < -0.39 is 17.4 Å². The maximum Gasteiger partial charge on any atom is 0.331 e. The van der Waals surface area contributed by atoms with Gasteiger partial charge in [-0.1, -0.05) is 11.6 Å². The number of amides is 1. The fourth-order valence-electron chi connectivity index (χ4n) is 1.50. The highest BCUT2D eigenvalue weighted by molar-refractivity contribution is 6.31. The first-order chi connectivity index (χ1) is 8.30. The van der Waals surface area contributed by atoms with Crippen molar-refractivity contribution >= 4 is 23.5 Å². The van der Waals surface area contributed by atoms with Crippen molar-refractivity contribution < 1.29 is 19.4 Å². The number of carbonyl (C=O) groups excluding carboxylic acids is 1. The first-order valence-electron chi connectivity index (χ1n) is 5.17. The van der Waals surface area contributed by atoms with Crippen LogP contribution < -0.4 is 5.32 Å². The van der Waals surface area contributed by atoms with E-state index >= 15 is 0 Å². The number of ether oxygens (including phenoxy) is 1. The zero-order valence-electron chi connectivity index (χ0n) is 10.4. The summed E-state index contributed by atoms with van der Waals surface area (Å²) in [4.78, 5) is 23.1. The molecule has 7 heteroatoms. The standard InChI is InChI=1S/C11H15ClN2O4/c1-11(6-18-3,10(16)17)13-9(15)8-4-7(12)5-14(8)2/h4-5H,6H2,1-3H3,(H,13,15)(H,16,17). The van der Waals surface area contributed by atoms with Crippen LogP contribution in [0.2, 0.25) is 5.02 Å². The Kier molecular flexibility index (Phi) is 4.37. The van der Waals surface area contributed by atoms with Gasteiger partial charge in [-0.15, -0.1) is 0 Å². The molecule has 0 aliphatic rings. The molecule has 100 valence electrons. The number of carbonyl (C=O) groups is 2. The Morgan fingerprint density at radius 2 is 2.22 bits per heavy atom. The number of methoxy groups -OCH3 is 1. The molecule has 0 aromatic carbocycles. The molecular weight excluding hydrogens is 260 g/mol. The molecule has 1 atom stereocenters. The summed E-state index contributed by atoms with van der Waals surface area (Å²) in [6, 6.07) is 1.46. The number of aliphatic carboxylic acids is 1. The molecule has 1 unspecified atom stereocenters. The number of hydrogen-bond donors (Lipinski definition) is 2. The third kappa shape index (κ3) is 3.02. The molecule has 6 nitrogen and oxygen atoms in total. The van der Waals surface area contributed by atoms with Crippen molar-refractivity contribution in [3.63, 3.8) is 0 Å². The summed E-state index contributed by atoms with van der Waals surface area (Å²) < 4.78 is 6.33. The van der Waals surface area contributed by atoms with E-state index in [0.29, 0.717) is 5.02 Å². The average Bonchev–Trinajstić information content (AvgIpc) is 2.57. The number of hydrogen-bond acceptors (Lipinski definition) is 3. The predicted octanol–water partition coefficient (Wildman–Crippen LogP) is 0.898. The van der Waals surface area contributed by atoms with Crippen molar-refractivity contribution in [1.82, 2.24) is 9.88 Å². The van der Waals surface area contributed by atoms with Crippen LogP contribution in [0.25, 0.3) is 0 Å². The van der Waals surface area contributed by atoms with E-state index in [1.807, 2.05) is 0 Å². The summed E-state index contributed by atoms with van der Waals surface area (Å²) in [5.74, 6) is -1.69. The van der Waals surface area contributed by atoms with Crippen molar-refractivity contribution in [3.8, 4) is 0 Å². The molecule has 0 aliphatic heterocycles. The molecule has 0 radical (unpaired) electrons. The monoisotopic (exact) mass is 274 g/mol. The fraction of sp³-hybridized carbons (Fsp3) is 0.455. The lowest BCUT2D eigenvalue weighted by Crippen LogP contribution is -2.55. The Morgan fingerprint density at radius 3 is 2.61 bits per heavy atom. The summed E-state index contributed by atoms with van der Waals surface area (Å²) in [5, 5.41) is 11.9. The zero-order chi connectivity index (χ0) is 13.9. The molecule has 0 bridgehead atoms. The van der Waals surface area contributed by atoms with Crippen molar-refractivity contribution in [2.45, 2.75) is 12.5 Å². The van der Waals surface area contributed by atoms with E-state index in [9.17, 15) is 9.59 Å². The van der Waals surface area contributed by atoms with Crippen LogP contribution >= 0.6 is 11.6 Å². The topological polar surface area (TPSA) is 80.6 Å².